The molecule has 0 aliphatic carbocycles. The summed E-state index contributed by atoms with van der Waals surface area (Å²) in [6.07, 6.45) is 0.171. The summed E-state index contributed by atoms with van der Waals surface area (Å²) in [6.45, 7) is 4.41. The van der Waals surface area contributed by atoms with Crippen molar-refractivity contribution in [1.82, 2.24) is 4.98 Å². The van der Waals surface area contributed by atoms with Crippen LogP contribution in [0.4, 0.5) is 5.69 Å². The van der Waals surface area contributed by atoms with E-state index in [-0.39, 0.29) is 18.3 Å². The van der Waals surface area contributed by atoms with E-state index in [1.165, 1.54) is 0 Å². The number of anilines is 1. The van der Waals surface area contributed by atoms with E-state index in [2.05, 4.69) is 4.98 Å². The Morgan fingerprint density at radius 3 is 2.89 bits per heavy atom. The number of esters is 1. The molecule has 3 aromatic rings. The van der Waals surface area contributed by atoms with Gasteiger partial charge in [0.05, 0.1) is 12.5 Å². The molecule has 1 aliphatic heterocycles. The van der Waals surface area contributed by atoms with E-state index in [1.807, 2.05) is 49.4 Å². The van der Waals surface area contributed by atoms with Gasteiger partial charge in [-0.25, -0.2) is 4.98 Å². The van der Waals surface area contributed by atoms with Crippen molar-refractivity contribution in [1.29, 1.82) is 0 Å². The van der Waals surface area contributed by atoms with Crippen LogP contribution in [0.5, 0.6) is 0 Å². The number of aromatic nitrogens is 1. The van der Waals surface area contributed by atoms with E-state index in [0.29, 0.717) is 35.8 Å². The zero-order valence-electron chi connectivity index (χ0n) is 15.3. The minimum absolute atomic E-state index is 0.0879. The molecule has 6 heteroatoms. The molecule has 2 aromatic carbocycles. The average Bonchev–Trinajstić information content (AvgIpc) is 3.25. The number of benzene rings is 2. The van der Waals surface area contributed by atoms with Crippen LogP contribution in [-0.4, -0.2) is 30.0 Å². The molecule has 1 fully saturated rings. The maximum absolute atomic E-state index is 12.4. The largest absolute Gasteiger partial charge is 0.466 e. The fourth-order valence-corrected chi connectivity index (χ4v) is 3.39. The summed E-state index contributed by atoms with van der Waals surface area (Å²) < 4.78 is 10.9. The second kappa shape index (κ2) is 6.87. The maximum Gasteiger partial charge on any atom is 0.311 e. The monoisotopic (exact) mass is 364 g/mol. The Labute approximate surface area is 156 Å². The summed E-state index contributed by atoms with van der Waals surface area (Å²) in [5.41, 5.74) is 4.07. The molecular weight excluding hydrogens is 344 g/mol. The minimum atomic E-state index is -0.423. The first-order valence-corrected chi connectivity index (χ1v) is 9.00. The first-order chi connectivity index (χ1) is 13.1. The fraction of sp³-hybridized carbons (Fsp3) is 0.286. The Morgan fingerprint density at radius 2 is 2.11 bits per heavy atom. The van der Waals surface area contributed by atoms with Crippen molar-refractivity contribution in [3.05, 3.63) is 48.0 Å². The number of fused-ring (bicyclic) bond motifs is 1. The van der Waals surface area contributed by atoms with Gasteiger partial charge in [-0.15, -0.1) is 0 Å². The second-order valence-electron chi connectivity index (χ2n) is 6.64. The van der Waals surface area contributed by atoms with Gasteiger partial charge < -0.3 is 14.1 Å². The van der Waals surface area contributed by atoms with E-state index in [9.17, 15) is 9.59 Å². The molecule has 1 amide bonds. The van der Waals surface area contributed by atoms with Crippen molar-refractivity contribution in [2.24, 2.45) is 5.92 Å². The zero-order valence-corrected chi connectivity index (χ0v) is 15.3. The van der Waals surface area contributed by atoms with Crippen molar-refractivity contribution < 1.29 is 18.7 Å². The van der Waals surface area contributed by atoms with Crippen molar-refractivity contribution in [2.45, 2.75) is 20.3 Å². The average molecular weight is 364 g/mol. The fourth-order valence-electron chi connectivity index (χ4n) is 3.39. The SMILES string of the molecule is CCOC(=O)[C@@H]1CC(=O)N(c2ccc3oc(-c4ccccc4C)nc3c2)C1. The highest BCUT2D eigenvalue weighted by Crippen LogP contribution is 2.31. The molecular formula is C21H20N2O4. The molecule has 0 radical (unpaired) electrons. The first kappa shape index (κ1) is 17.3. The predicted molar refractivity (Wildman–Crippen MR) is 101 cm³/mol. The molecule has 4 rings (SSSR count). The Hall–Kier alpha value is -3.15. The lowest BCUT2D eigenvalue weighted by Crippen LogP contribution is -2.26. The number of carbonyl (C=O) groups is 2. The highest BCUT2D eigenvalue weighted by atomic mass is 16.5. The molecule has 0 spiro atoms. The Morgan fingerprint density at radius 1 is 1.30 bits per heavy atom. The summed E-state index contributed by atoms with van der Waals surface area (Å²) in [5.74, 6) is -0.280. The maximum atomic E-state index is 12.4. The molecule has 1 saturated heterocycles. The minimum Gasteiger partial charge on any atom is -0.466 e. The quantitative estimate of drug-likeness (QED) is 0.660. The van der Waals surface area contributed by atoms with Crippen LogP contribution in [-0.2, 0) is 14.3 Å². The molecule has 0 unspecified atom stereocenters. The normalized spacial score (nSPS) is 16.9. The van der Waals surface area contributed by atoms with Gasteiger partial charge in [-0.1, -0.05) is 18.2 Å². The summed E-state index contributed by atoms with van der Waals surface area (Å²) in [5, 5.41) is 0. The highest BCUT2D eigenvalue weighted by molar-refractivity contribution is 6.00. The van der Waals surface area contributed by atoms with E-state index < -0.39 is 5.92 Å². The van der Waals surface area contributed by atoms with Crippen LogP contribution in [0.1, 0.15) is 18.9 Å². The molecule has 1 aliphatic rings. The van der Waals surface area contributed by atoms with Gasteiger partial charge >= 0.3 is 5.97 Å². The van der Waals surface area contributed by atoms with Crippen molar-refractivity contribution in [3.8, 4) is 11.5 Å². The number of nitrogens with zero attached hydrogens (tertiary/aromatic N) is 2. The molecule has 0 N–H and O–H groups in total. The van der Waals surface area contributed by atoms with Crippen LogP contribution in [0.15, 0.2) is 46.9 Å². The van der Waals surface area contributed by atoms with E-state index in [0.717, 1.165) is 11.1 Å². The summed E-state index contributed by atoms with van der Waals surface area (Å²) >= 11 is 0. The molecule has 1 atom stereocenters. The number of carbonyl (C=O) groups excluding carboxylic acids is 2. The lowest BCUT2D eigenvalue weighted by Gasteiger charge is -2.16. The molecule has 27 heavy (non-hydrogen) atoms. The topological polar surface area (TPSA) is 72.6 Å². The standard InChI is InChI=1S/C21H20N2O4/c1-3-26-21(25)14-10-19(24)23(12-14)15-8-9-18-17(11-15)22-20(27-18)16-7-5-4-6-13(16)2/h4-9,11,14H,3,10,12H2,1-2H3/t14-/m1/s1. The third-order valence-electron chi connectivity index (χ3n) is 4.80. The first-order valence-electron chi connectivity index (χ1n) is 9.00. The van der Waals surface area contributed by atoms with Gasteiger partial charge in [0.1, 0.15) is 5.52 Å². The number of aryl methyl sites for hydroxylation is 1. The van der Waals surface area contributed by atoms with Crippen LogP contribution in [0.3, 0.4) is 0 Å². The van der Waals surface area contributed by atoms with Gasteiger partial charge in [-0.2, -0.15) is 0 Å². The van der Waals surface area contributed by atoms with Gasteiger partial charge in [0.15, 0.2) is 5.58 Å². The summed E-state index contributed by atoms with van der Waals surface area (Å²) in [4.78, 5) is 30.5. The summed E-state index contributed by atoms with van der Waals surface area (Å²) in [6, 6.07) is 13.3. The molecule has 0 saturated carbocycles. The Balaban J connectivity index is 1.63. The second-order valence-corrected chi connectivity index (χ2v) is 6.64. The van der Waals surface area contributed by atoms with Gasteiger partial charge in [0, 0.05) is 24.2 Å². The van der Waals surface area contributed by atoms with Gasteiger partial charge in [0.2, 0.25) is 11.8 Å². The highest BCUT2D eigenvalue weighted by Gasteiger charge is 2.36. The van der Waals surface area contributed by atoms with Crippen LogP contribution in [0.25, 0.3) is 22.6 Å². The van der Waals surface area contributed by atoms with Crippen LogP contribution in [0, 0.1) is 12.8 Å². The number of hydrogen-bond acceptors (Lipinski definition) is 5. The Bertz CT molecular complexity index is 1020. The molecule has 1 aromatic heterocycles. The third-order valence-corrected chi connectivity index (χ3v) is 4.80. The number of hydrogen-bond donors (Lipinski definition) is 0. The molecule has 0 bridgehead atoms. The lowest BCUT2D eigenvalue weighted by molar-refractivity contribution is -0.147. The van der Waals surface area contributed by atoms with Gasteiger partial charge in [-0.3, -0.25) is 9.59 Å². The smallest absolute Gasteiger partial charge is 0.311 e. The van der Waals surface area contributed by atoms with Gasteiger partial charge in [0.25, 0.3) is 0 Å². The third kappa shape index (κ3) is 3.18. The number of amides is 1. The van der Waals surface area contributed by atoms with E-state index in [4.69, 9.17) is 9.15 Å². The van der Waals surface area contributed by atoms with Crippen LogP contribution >= 0.6 is 0 Å². The number of rotatable bonds is 4. The van der Waals surface area contributed by atoms with E-state index in [1.54, 1.807) is 11.8 Å². The van der Waals surface area contributed by atoms with Crippen LogP contribution in [0.2, 0.25) is 0 Å². The van der Waals surface area contributed by atoms with Crippen molar-refractivity contribution in [3.63, 3.8) is 0 Å². The van der Waals surface area contributed by atoms with Gasteiger partial charge in [-0.05, 0) is 43.7 Å². The number of ether oxygens (including phenoxy) is 1. The molecule has 2 heterocycles. The predicted octanol–water partition coefficient (Wildman–Crippen LogP) is 3.72. The van der Waals surface area contributed by atoms with Crippen molar-refractivity contribution >= 4 is 28.7 Å². The van der Waals surface area contributed by atoms with E-state index >= 15 is 0 Å². The molecule has 138 valence electrons. The number of oxazole rings is 1. The zero-order chi connectivity index (χ0) is 19.0. The van der Waals surface area contributed by atoms with Crippen molar-refractivity contribution in [2.75, 3.05) is 18.1 Å². The van der Waals surface area contributed by atoms with Crippen LogP contribution < -0.4 is 4.90 Å². The Kier molecular flexibility index (Phi) is 4.39. The lowest BCUT2D eigenvalue weighted by atomic mass is 10.1. The summed E-state index contributed by atoms with van der Waals surface area (Å²) in [7, 11) is 0. The molecule has 6 nitrogen and oxygen atoms in total.